The number of carbonyl (C=O) groups excluding carboxylic acids is 3. The number of carboxylic acid groups (broad SMARTS) is 1. The zero-order chi connectivity index (χ0) is 29.5. The standard InChI is InChI=1S/C30H30N4O7/c1-20-10-13-22(14-11-20)30(39)33-17-16-32(26(35)15-12-21-6-3-2-4-7-21)29(33)28(38)31-25(19-27(36)37)23-8-5-9-24(18-23)34(40)41/h2-11,13-14,18,25,29H,12,15-17,19H2,1H3,(H,31,38)(H,36,37). The predicted octanol–water partition coefficient (Wildman–Crippen LogP) is 3.48. The second-order valence-electron chi connectivity index (χ2n) is 9.82. The van der Waals surface area contributed by atoms with Gasteiger partial charge in [0, 0.05) is 37.2 Å². The van der Waals surface area contributed by atoms with Gasteiger partial charge >= 0.3 is 5.97 Å². The van der Waals surface area contributed by atoms with Crippen molar-refractivity contribution in [2.75, 3.05) is 13.1 Å². The molecule has 1 aliphatic heterocycles. The summed E-state index contributed by atoms with van der Waals surface area (Å²) in [7, 11) is 0. The molecule has 0 saturated carbocycles. The Bertz CT molecular complexity index is 1440. The SMILES string of the molecule is Cc1ccc(C(=O)N2CCN(C(=O)CCc3ccccc3)C2C(=O)NC(CC(=O)O)c2cccc([N+](=O)[O-])c2)cc1. The highest BCUT2D eigenvalue weighted by Crippen LogP contribution is 2.25. The highest BCUT2D eigenvalue weighted by atomic mass is 16.6. The molecule has 11 heteroatoms. The Labute approximate surface area is 236 Å². The number of carbonyl (C=O) groups is 4. The summed E-state index contributed by atoms with van der Waals surface area (Å²) in [5.41, 5.74) is 2.19. The molecule has 3 amide bonds. The van der Waals surface area contributed by atoms with Crippen molar-refractivity contribution in [2.24, 2.45) is 0 Å². The molecule has 2 atom stereocenters. The van der Waals surface area contributed by atoms with E-state index < -0.39 is 41.3 Å². The first-order chi connectivity index (χ1) is 19.6. The zero-order valence-electron chi connectivity index (χ0n) is 22.4. The van der Waals surface area contributed by atoms with Crippen LogP contribution < -0.4 is 5.32 Å². The van der Waals surface area contributed by atoms with E-state index in [0.717, 1.165) is 11.1 Å². The normalized spacial score (nSPS) is 15.3. The summed E-state index contributed by atoms with van der Waals surface area (Å²) in [5, 5.41) is 23.5. The molecule has 3 aromatic rings. The average Bonchev–Trinajstić information content (AvgIpc) is 3.41. The van der Waals surface area contributed by atoms with Crippen molar-refractivity contribution in [2.45, 2.75) is 38.4 Å². The first kappa shape index (κ1) is 28.9. The fourth-order valence-corrected chi connectivity index (χ4v) is 4.81. The summed E-state index contributed by atoms with van der Waals surface area (Å²) in [6, 6.07) is 20.4. The lowest BCUT2D eigenvalue weighted by atomic mass is 10.0. The van der Waals surface area contributed by atoms with Gasteiger partial charge in [-0.3, -0.25) is 29.3 Å². The zero-order valence-corrected chi connectivity index (χ0v) is 22.4. The van der Waals surface area contributed by atoms with Crippen molar-refractivity contribution in [3.8, 4) is 0 Å². The molecule has 0 spiro atoms. The molecular formula is C30H30N4O7. The average molecular weight is 559 g/mol. The molecule has 4 rings (SSSR count). The van der Waals surface area contributed by atoms with Crippen LogP contribution in [-0.2, 0) is 20.8 Å². The number of nitrogens with one attached hydrogen (secondary N) is 1. The van der Waals surface area contributed by atoms with Gasteiger partial charge in [-0.1, -0.05) is 60.2 Å². The number of hydrogen-bond acceptors (Lipinski definition) is 6. The van der Waals surface area contributed by atoms with Gasteiger partial charge in [0.25, 0.3) is 17.5 Å². The number of carboxylic acids is 1. The molecule has 2 N–H and O–H groups in total. The van der Waals surface area contributed by atoms with Crippen molar-refractivity contribution in [1.82, 2.24) is 15.1 Å². The van der Waals surface area contributed by atoms with Crippen LogP contribution in [0.3, 0.4) is 0 Å². The maximum Gasteiger partial charge on any atom is 0.305 e. The summed E-state index contributed by atoms with van der Waals surface area (Å²) < 4.78 is 0. The van der Waals surface area contributed by atoms with Crippen LogP contribution in [-0.4, -0.2) is 62.8 Å². The largest absolute Gasteiger partial charge is 0.481 e. The van der Waals surface area contributed by atoms with Crippen LogP contribution in [0.4, 0.5) is 5.69 Å². The second-order valence-corrected chi connectivity index (χ2v) is 9.82. The Morgan fingerprint density at radius 3 is 2.32 bits per heavy atom. The summed E-state index contributed by atoms with van der Waals surface area (Å²) >= 11 is 0. The summed E-state index contributed by atoms with van der Waals surface area (Å²) in [5.74, 6) is -2.78. The van der Waals surface area contributed by atoms with Crippen LogP contribution in [0, 0.1) is 17.0 Å². The number of rotatable bonds is 10. The summed E-state index contributed by atoms with van der Waals surface area (Å²) in [6.07, 6.45) is -1.36. The van der Waals surface area contributed by atoms with Gasteiger partial charge < -0.3 is 20.2 Å². The van der Waals surface area contributed by atoms with Gasteiger partial charge in [-0.05, 0) is 36.6 Å². The van der Waals surface area contributed by atoms with Crippen LogP contribution >= 0.6 is 0 Å². The Balaban J connectivity index is 1.62. The Morgan fingerprint density at radius 2 is 1.66 bits per heavy atom. The molecule has 1 fully saturated rings. The topological polar surface area (TPSA) is 150 Å². The molecule has 0 aliphatic carbocycles. The fraction of sp³-hybridized carbons (Fsp3) is 0.267. The van der Waals surface area contributed by atoms with E-state index >= 15 is 0 Å². The maximum absolute atomic E-state index is 13.8. The van der Waals surface area contributed by atoms with E-state index in [9.17, 15) is 34.4 Å². The first-order valence-corrected chi connectivity index (χ1v) is 13.1. The van der Waals surface area contributed by atoms with Crippen molar-refractivity contribution < 1.29 is 29.2 Å². The van der Waals surface area contributed by atoms with Gasteiger partial charge in [0.1, 0.15) is 0 Å². The fourth-order valence-electron chi connectivity index (χ4n) is 4.81. The Kier molecular flexibility index (Phi) is 9.08. The third-order valence-corrected chi connectivity index (χ3v) is 6.94. The number of hydrogen-bond donors (Lipinski definition) is 2. The second kappa shape index (κ2) is 12.9. The third-order valence-electron chi connectivity index (χ3n) is 6.94. The summed E-state index contributed by atoms with van der Waals surface area (Å²) in [4.78, 5) is 65.7. The van der Waals surface area contributed by atoms with Gasteiger partial charge in [-0.2, -0.15) is 0 Å². The number of amides is 3. The van der Waals surface area contributed by atoms with Gasteiger partial charge in [-0.25, -0.2) is 0 Å². The van der Waals surface area contributed by atoms with E-state index in [1.54, 1.807) is 24.3 Å². The van der Waals surface area contributed by atoms with E-state index in [4.69, 9.17) is 0 Å². The molecule has 0 bridgehead atoms. The quantitative estimate of drug-likeness (QED) is 0.286. The minimum atomic E-state index is -1.33. The number of benzene rings is 3. The smallest absolute Gasteiger partial charge is 0.305 e. The van der Waals surface area contributed by atoms with Crippen LogP contribution in [0.2, 0.25) is 0 Å². The predicted molar refractivity (Wildman–Crippen MR) is 149 cm³/mol. The van der Waals surface area contributed by atoms with E-state index in [1.807, 2.05) is 37.3 Å². The Morgan fingerprint density at radius 1 is 0.976 bits per heavy atom. The van der Waals surface area contributed by atoms with Crippen molar-refractivity contribution in [3.63, 3.8) is 0 Å². The molecule has 11 nitrogen and oxygen atoms in total. The van der Waals surface area contributed by atoms with E-state index in [0.29, 0.717) is 12.0 Å². The molecule has 0 aromatic heterocycles. The highest BCUT2D eigenvalue weighted by Gasteiger charge is 2.43. The van der Waals surface area contributed by atoms with Gasteiger partial charge in [-0.15, -0.1) is 0 Å². The number of nitro benzene ring substituents is 1. The Hall–Kier alpha value is -5.06. The van der Waals surface area contributed by atoms with Crippen LogP contribution in [0.5, 0.6) is 0 Å². The first-order valence-electron chi connectivity index (χ1n) is 13.1. The number of aryl methyl sites for hydroxylation is 2. The number of aliphatic carboxylic acids is 1. The lowest BCUT2D eigenvalue weighted by Crippen LogP contribution is -2.54. The number of nitrogens with zero attached hydrogens (tertiary/aromatic N) is 3. The summed E-state index contributed by atoms with van der Waals surface area (Å²) in [6.45, 7) is 2.09. The molecule has 2 unspecified atom stereocenters. The minimum Gasteiger partial charge on any atom is -0.481 e. The molecule has 212 valence electrons. The molecule has 3 aromatic carbocycles. The molecular weight excluding hydrogens is 528 g/mol. The van der Waals surface area contributed by atoms with E-state index in [1.165, 1.54) is 34.1 Å². The van der Waals surface area contributed by atoms with Crippen LogP contribution in [0.15, 0.2) is 78.9 Å². The van der Waals surface area contributed by atoms with Crippen molar-refractivity contribution in [1.29, 1.82) is 0 Å². The molecule has 1 heterocycles. The molecule has 0 radical (unpaired) electrons. The van der Waals surface area contributed by atoms with Crippen molar-refractivity contribution >= 4 is 29.4 Å². The van der Waals surface area contributed by atoms with Gasteiger partial charge in [0.15, 0.2) is 6.17 Å². The van der Waals surface area contributed by atoms with Gasteiger partial charge in [0.05, 0.1) is 17.4 Å². The molecule has 41 heavy (non-hydrogen) atoms. The molecule has 1 saturated heterocycles. The lowest BCUT2D eigenvalue weighted by Gasteiger charge is -2.31. The van der Waals surface area contributed by atoms with E-state index in [-0.39, 0.29) is 36.7 Å². The maximum atomic E-state index is 13.8. The molecule has 1 aliphatic rings. The van der Waals surface area contributed by atoms with E-state index in [2.05, 4.69) is 5.32 Å². The van der Waals surface area contributed by atoms with Gasteiger partial charge in [0.2, 0.25) is 5.91 Å². The van der Waals surface area contributed by atoms with Crippen LogP contribution in [0.25, 0.3) is 0 Å². The monoisotopic (exact) mass is 558 g/mol. The minimum absolute atomic E-state index is 0.0995. The number of nitro groups is 1. The van der Waals surface area contributed by atoms with Crippen LogP contribution in [0.1, 0.15) is 45.9 Å². The lowest BCUT2D eigenvalue weighted by molar-refractivity contribution is -0.384. The highest BCUT2D eigenvalue weighted by molar-refractivity contribution is 5.99. The third kappa shape index (κ3) is 7.13. The van der Waals surface area contributed by atoms with Crippen molar-refractivity contribution in [3.05, 3.63) is 111 Å². The number of non-ortho nitro benzene ring substituents is 1.